The molecule has 2 saturated carbocycles. The monoisotopic (exact) mass is 322 g/mol. The number of likely N-dealkylation sites (tertiary alicyclic amines) is 1. The molecule has 0 aromatic carbocycles. The average Bonchev–Trinajstić information content (AvgIpc) is 3.18. The predicted octanol–water partition coefficient (Wildman–Crippen LogP) is 2.80. The second-order valence-electron chi connectivity index (χ2n) is 7.59. The van der Waals surface area contributed by atoms with Crippen LogP contribution in [-0.4, -0.2) is 42.6 Å². The molecule has 3 fully saturated rings. The summed E-state index contributed by atoms with van der Waals surface area (Å²) in [6.45, 7) is 5.73. The van der Waals surface area contributed by atoms with Crippen molar-refractivity contribution in [1.29, 1.82) is 0 Å². The number of carbonyl (C=O) groups excluding carboxylic acids is 2. The quantitative estimate of drug-likeness (QED) is 0.810. The van der Waals surface area contributed by atoms with Crippen LogP contribution < -0.4 is 5.32 Å². The van der Waals surface area contributed by atoms with Crippen LogP contribution >= 0.6 is 0 Å². The fraction of sp³-hybridized carbons (Fsp3) is 0.889. The number of nitrogens with zero attached hydrogens (tertiary/aromatic N) is 1. The van der Waals surface area contributed by atoms with Crippen LogP contribution in [0.1, 0.15) is 52.4 Å². The Morgan fingerprint density at radius 1 is 1.17 bits per heavy atom. The van der Waals surface area contributed by atoms with Gasteiger partial charge in [0.1, 0.15) is 0 Å². The van der Waals surface area contributed by atoms with Crippen LogP contribution in [0.4, 0.5) is 4.79 Å². The normalized spacial score (nSPS) is 31.9. The van der Waals surface area contributed by atoms with Crippen molar-refractivity contribution in [2.75, 3.05) is 19.7 Å². The van der Waals surface area contributed by atoms with Gasteiger partial charge in [0, 0.05) is 19.1 Å². The molecule has 130 valence electrons. The van der Waals surface area contributed by atoms with Crippen LogP contribution in [0.15, 0.2) is 0 Å². The minimum atomic E-state index is -0.108. The van der Waals surface area contributed by atoms with E-state index in [-0.39, 0.29) is 24.0 Å². The summed E-state index contributed by atoms with van der Waals surface area (Å²) in [5.74, 6) is 2.24. The van der Waals surface area contributed by atoms with Crippen molar-refractivity contribution in [3.05, 3.63) is 0 Å². The van der Waals surface area contributed by atoms with Crippen molar-refractivity contribution >= 4 is 12.0 Å². The molecule has 1 aliphatic heterocycles. The maximum atomic E-state index is 12.5. The maximum Gasteiger partial charge on any atom is 0.317 e. The minimum Gasteiger partial charge on any atom is -0.466 e. The van der Waals surface area contributed by atoms with Crippen molar-refractivity contribution in [3.63, 3.8) is 0 Å². The first-order valence-electron chi connectivity index (χ1n) is 9.30. The molecule has 1 heterocycles. The third-order valence-corrected chi connectivity index (χ3v) is 6.19. The van der Waals surface area contributed by atoms with E-state index in [2.05, 4.69) is 12.2 Å². The van der Waals surface area contributed by atoms with Crippen molar-refractivity contribution in [3.8, 4) is 0 Å². The standard InChI is InChI=1S/C18H30N2O3/c1-3-23-17(21)14-6-8-20(9-7-14)18(22)19-12(2)16-11-13-4-5-15(16)10-13/h12-16H,3-11H2,1-2H3,(H,19,22). The lowest BCUT2D eigenvalue weighted by atomic mass is 9.84. The molecule has 0 aromatic heterocycles. The molecular formula is C18H30N2O3. The summed E-state index contributed by atoms with van der Waals surface area (Å²) < 4.78 is 5.08. The number of hydrogen-bond acceptors (Lipinski definition) is 3. The Balaban J connectivity index is 1.43. The summed E-state index contributed by atoms with van der Waals surface area (Å²) in [7, 11) is 0. The van der Waals surface area contributed by atoms with Crippen molar-refractivity contribution in [2.24, 2.45) is 23.7 Å². The fourth-order valence-corrected chi connectivity index (χ4v) is 4.88. The van der Waals surface area contributed by atoms with Crippen LogP contribution in [-0.2, 0) is 9.53 Å². The van der Waals surface area contributed by atoms with Gasteiger partial charge < -0.3 is 15.0 Å². The number of amides is 2. The summed E-state index contributed by atoms with van der Waals surface area (Å²) in [6.07, 6.45) is 6.83. The average molecular weight is 322 g/mol. The van der Waals surface area contributed by atoms with Crippen LogP contribution in [0.3, 0.4) is 0 Å². The second-order valence-corrected chi connectivity index (χ2v) is 7.59. The van der Waals surface area contributed by atoms with E-state index in [9.17, 15) is 9.59 Å². The SMILES string of the molecule is CCOC(=O)C1CCN(C(=O)NC(C)C2CC3CCC2C3)CC1. The third kappa shape index (κ3) is 3.64. The first-order chi connectivity index (χ1) is 11.1. The van der Waals surface area contributed by atoms with Gasteiger partial charge in [0.05, 0.1) is 12.5 Å². The Morgan fingerprint density at radius 2 is 1.91 bits per heavy atom. The van der Waals surface area contributed by atoms with Gasteiger partial charge in [-0.15, -0.1) is 0 Å². The molecule has 5 heteroatoms. The van der Waals surface area contributed by atoms with E-state index in [1.807, 2.05) is 11.8 Å². The van der Waals surface area contributed by atoms with E-state index in [0.717, 1.165) is 24.7 Å². The van der Waals surface area contributed by atoms with Gasteiger partial charge in [-0.3, -0.25) is 4.79 Å². The van der Waals surface area contributed by atoms with Gasteiger partial charge in [-0.05, 0) is 63.7 Å². The number of esters is 1. The summed E-state index contributed by atoms with van der Waals surface area (Å²) >= 11 is 0. The van der Waals surface area contributed by atoms with Crippen LogP contribution in [0, 0.1) is 23.7 Å². The van der Waals surface area contributed by atoms with Crippen molar-refractivity contribution in [1.82, 2.24) is 10.2 Å². The highest BCUT2D eigenvalue weighted by Crippen LogP contribution is 2.49. The summed E-state index contributed by atoms with van der Waals surface area (Å²) in [5, 5.41) is 3.22. The zero-order chi connectivity index (χ0) is 16.4. The highest BCUT2D eigenvalue weighted by atomic mass is 16.5. The first-order valence-corrected chi connectivity index (χ1v) is 9.30. The number of nitrogens with one attached hydrogen (secondary N) is 1. The number of urea groups is 1. The van der Waals surface area contributed by atoms with Crippen molar-refractivity contribution in [2.45, 2.75) is 58.4 Å². The number of ether oxygens (including phenoxy) is 1. The number of carbonyl (C=O) groups is 2. The second kappa shape index (κ2) is 7.10. The van der Waals surface area contributed by atoms with Gasteiger partial charge in [0.15, 0.2) is 0 Å². The van der Waals surface area contributed by atoms with E-state index >= 15 is 0 Å². The van der Waals surface area contributed by atoms with Gasteiger partial charge in [0.2, 0.25) is 0 Å². The number of hydrogen-bond donors (Lipinski definition) is 1. The predicted molar refractivity (Wildman–Crippen MR) is 87.9 cm³/mol. The molecule has 2 bridgehead atoms. The zero-order valence-corrected chi connectivity index (χ0v) is 14.4. The van der Waals surface area contributed by atoms with E-state index < -0.39 is 0 Å². The lowest BCUT2D eigenvalue weighted by Crippen LogP contribution is -2.50. The molecule has 3 aliphatic rings. The Bertz CT molecular complexity index is 446. The summed E-state index contributed by atoms with van der Waals surface area (Å²) in [4.78, 5) is 26.1. The Hall–Kier alpha value is -1.26. The number of fused-ring (bicyclic) bond motifs is 2. The van der Waals surface area contributed by atoms with Gasteiger partial charge in [-0.25, -0.2) is 4.79 Å². The van der Waals surface area contributed by atoms with Gasteiger partial charge in [0.25, 0.3) is 0 Å². The van der Waals surface area contributed by atoms with Crippen LogP contribution in [0.2, 0.25) is 0 Å². The highest BCUT2D eigenvalue weighted by Gasteiger charge is 2.42. The molecule has 0 aromatic rings. The summed E-state index contributed by atoms with van der Waals surface area (Å²) in [5.41, 5.74) is 0. The third-order valence-electron chi connectivity index (χ3n) is 6.19. The van der Waals surface area contributed by atoms with E-state index in [1.165, 1.54) is 25.7 Å². The number of piperidine rings is 1. The lowest BCUT2D eigenvalue weighted by molar-refractivity contribution is -0.149. The molecule has 3 rings (SSSR count). The number of rotatable bonds is 4. The lowest BCUT2D eigenvalue weighted by Gasteiger charge is -2.34. The molecule has 2 amide bonds. The largest absolute Gasteiger partial charge is 0.466 e. The van der Waals surface area contributed by atoms with Gasteiger partial charge in [-0.2, -0.15) is 0 Å². The van der Waals surface area contributed by atoms with Crippen molar-refractivity contribution < 1.29 is 14.3 Å². The molecule has 23 heavy (non-hydrogen) atoms. The van der Waals surface area contributed by atoms with Gasteiger partial charge in [-0.1, -0.05) is 6.42 Å². The highest BCUT2D eigenvalue weighted by molar-refractivity contribution is 5.76. The Morgan fingerprint density at radius 3 is 2.48 bits per heavy atom. The molecule has 2 aliphatic carbocycles. The van der Waals surface area contributed by atoms with Crippen LogP contribution in [0.5, 0.6) is 0 Å². The topological polar surface area (TPSA) is 58.6 Å². The molecule has 4 atom stereocenters. The fourth-order valence-electron chi connectivity index (χ4n) is 4.88. The molecule has 0 radical (unpaired) electrons. The molecule has 4 unspecified atom stereocenters. The van der Waals surface area contributed by atoms with Crippen LogP contribution in [0.25, 0.3) is 0 Å². The molecule has 1 saturated heterocycles. The molecular weight excluding hydrogens is 292 g/mol. The van der Waals surface area contributed by atoms with E-state index in [1.54, 1.807) is 0 Å². The smallest absolute Gasteiger partial charge is 0.317 e. The molecule has 0 spiro atoms. The minimum absolute atomic E-state index is 0.0398. The Kier molecular flexibility index (Phi) is 5.12. The molecule has 5 nitrogen and oxygen atoms in total. The molecule has 1 N–H and O–H groups in total. The first kappa shape index (κ1) is 16.6. The maximum absolute atomic E-state index is 12.5. The van der Waals surface area contributed by atoms with Gasteiger partial charge >= 0.3 is 12.0 Å². The van der Waals surface area contributed by atoms with E-state index in [4.69, 9.17) is 4.74 Å². The van der Waals surface area contributed by atoms with E-state index in [0.29, 0.717) is 25.6 Å². The Labute approximate surface area is 139 Å². The zero-order valence-electron chi connectivity index (χ0n) is 14.4. The summed E-state index contributed by atoms with van der Waals surface area (Å²) in [6, 6.07) is 0.308.